The van der Waals surface area contributed by atoms with Gasteiger partial charge < -0.3 is 20.4 Å². The van der Waals surface area contributed by atoms with Gasteiger partial charge in [-0.3, -0.25) is 5.43 Å². The lowest BCUT2D eigenvalue weighted by atomic mass is 9.89. The van der Waals surface area contributed by atoms with E-state index in [2.05, 4.69) is 45.4 Å². The molecule has 4 rings (SSSR count). The molecule has 6 nitrogen and oxygen atoms in total. The Kier molecular flexibility index (Phi) is 7.91. The van der Waals surface area contributed by atoms with E-state index in [0.29, 0.717) is 23.2 Å². The van der Waals surface area contributed by atoms with Crippen LogP contribution < -0.4 is 21.0 Å². The summed E-state index contributed by atoms with van der Waals surface area (Å²) >= 11 is 11.0. The average molecular weight is 503 g/mol. The normalized spacial score (nSPS) is 19.4. The largest absolute Gasteiger partial charge is 0.375 e. The summed E-state index contributed by atoms with van der Waals surface area (Å²) < 4.78 is 15.3. The summed E-state index contributed by atoms with van der Waals surface area (Å²) in [4.78, 5) is 6.72. The summed E-state index contributed by atoms with van der Waals surface area (Å²) in [5.74, 6) is 0.194. The second-order valence-electron chi connectivity index (χ2n) is 9.27. The number of likely N-dealkylation sites (N-methyl/N-ethyl adjacent to an activating group) is 1. The molecule has 34 heavy (non-hydrogen) atoms. The van der Waals surface area contributed by atoms with Gasteiger partial charge in [-0.25, -0.2) is 4.39 Å². The molecule has 2 aliphatic heterocycles. The third-order valence-corrected chi connectivity index (χ3v) is 7.19. The Hall–Kier alpha value is -2.42. The predicted octanol–water partition coefficient (Wildman–Crippen LogP) is 4.17. The zero-order chi connectivity index (χ0) is 24.2. The number of halogens is 2. The van der Waals surface area contributed by atoms with E-state index < -0.39 is 0 Å². The molecular formula is C25H32ClFN6S. The Morgan fingerprint density at radius 3 is 2.53 bits per heavy atom. The smallest absolute Gasteiger partial charge is 0.184 e. The summed E-state index contributed by atoms with van der Waals surface area (Å²) in [5.41, 5.74) is 11.6. The third-order valence-electron chi connectivity index (χ3n) is 6.86. The maximum absolute atomic E-state index is 15.3. The van der Waals surface area contributed by atoms with E-state index in [-0.39, 0.29) is 10.9 Å². The molecule has 0 bridgehead atoms. The molecule has 0 radical (unpaired) electrons. The molecule has 0 spiro atoms. The maximum Gasteiger partial charge on any atom is 0.184 e. The second kappa shape index (κ2) is 10.9. The third kappa shape index (κ3) is 5.79. The molecule has 0 amide bonds. The van der Waals surface area contributed by atoms with Crippen molar-refractivity contribution in [2.75, 3.05) is 50.1 Å². The molecule has 9 heteroatoms. The van der Waals surface area contributed by atoms with Gasteiger partial charge in [0.2, 0.25) is 0 Å². The predicted molar refractivity (Wildman–Crippen MR) is 144 cm³/mol. The van der Waals surface area contributed by atoms with E-state index in [9.17, 15) is 0 Å². The van der Waals surface area contributed by atoms with Crippen molar-refractivity contribution in [1.82, 2.24) is 10.3 Å². The monoisotopic (exact) mass is 502 g/mol. The van der Waals surface area contributed by atoms with Crippen LogP contribution in [0.2, 0.25) is 5.02 Å². The first-order valence-corrected chi connectivity index (χ1v) is 12.4. The van der Waals surface area contributed by atoms with Crippen LogP contribution in [0.15, 0.2) is 41.5 Å². The fourth-order valence-corrected chi connectivity index (χ4v) is 5.20. The van der Waals surface area contributed by atoms with Gasteiger partial charge in [0, 0.05) is 48.5 Å². The lowest BCUT2D eigenvalue weighted by Gasteiger charge is -2.35. The minimum atomic E-state index is -0.245. The molecule has 3 N–H and O–H groups in total. The minimum absolute atomic E-state index is 0.0753. The van der Waals surface area contributed by atoms with Crippen LogP contribution in [0.25, 0.3) is 0 Å². The summed E-state index contributed by atoms with van der Waals surface area (Å²) in [7, 11) is 4.20. The summed E-state index contributed by atoms with van der Waals surface area (Å²) in [5, 5.41) is 4.93. The van der Waals surface area contributed by atoms with Crippen LogP contribution in [-0.4, -0.2) is 62.5 Å². The molecule has 2 heterocycles. The van der Waals surface area contributed by atoms with Gasteiger partial charge in [0.15, 0.2) is 5.11 Å². The molecule has 0 aromatic heterocycles. The number of piperidine rings is 1. The molecule has 0 saturated carbocycles. The van der Waals surface area contributed by atoms with Gasteiger partial charge in [-0.05, 0) is 81.3 Å². The Labute approximate surface area is 211 Å². The highest BCUT2D eigenvalue weighted by Gasteiger charge is 2.28. The Morgan fingerprint density at radius 2 is 1.88 bits per heavy atom. The van der Waals surface area contributed by atoms with Gasteiger partial charge in [-0.2, -0.15) is 5.10 Å². The topological polar surface area (TPSA) is 60.1 Å². The summed E-state index contributed by atoms with van der Waals surface area (Å²) in [6.07, 6.45) is 4.58. The molecule has 0 unspecified atom stereocenters. The molecule has 2 aromatic rings. The number of thiocarbonyl (C=S) groups is 1. The van der Waals surface area contributed by atoms with E-state index in [1.54, 1.807) is 12.3 Å². The lowest BCUT2D eigenvalue weighted by molar-refractivity contribution is 0.315. The highest BCUT2D eigenvalue weighted by Crippen LogP contribution is 2.36. The second-order valence-corrected chi connectivity index (χ2v) is 10.1. The van der Waals surface area contributed by atoms with E-state index in [0.717, 1.165) is 56.2 Å². The molecular weight excluding hydrogens is 471 g/mol. The fraction of sp³-hybridized carbons (Fsp3) is 0.440. The van der Waals surface area contributed by atoms with Crippen molar-refractivity contribution < 1.29 is 4.39 Å². The van der Waals surface area contributed by atoms with Gasteiger partial charge in [0.25, 0.3) is 0 Å². The number of anilines is 2. The molecule has 2 aromatic carbocycles. The van der Waals surface area contributed by atoms with Gasteiger partial charge in [-0.1, -0.05) is 23.7 Å². The van der Waals surface area contributed by atoms with Crippen molar-refractivity contribution in [1.29, 1.82) is 0 Å². The van der Waals surface area contributed by atoms with Crippen LogP contribution in [0.3, 0.4) is 0 Å². The van der Waals surface area contributed by atoms with Crippen LogP contribution in [0.5, 0.6) is 0 Å². The van der Waals surface area contributed by atoms with Crippen molar-refractivity contribution >= 4 is 46.5 Å². The maximum atomic E-state index is 15.3. The van der Waals surface area contributed by atoms with Crippen molar-refractivity contribution in [3.05, 3.63) is 58.4 Å². The zero-order valence-corrected chi connectivity index (χ0v) is 21.2. The van der Waals surface area contributed by atoms with Crippen molar-refractivity contribution in [3.63, 3.8) is 0 Å². The molecule has 2 saturated heterocycles. The molecule has 2 aliphatic rings. The standard InChI is InChI=1S/C25H32ClFN6S/c1-31(2)21-8-11-33(16-21)23-14-24(22(27)13-19(23)15-29-30-25(28)34)32-9-6-17(7-10-32)18-4-3-5-20(26)12-18/h3-5,12-15,17,21H,6-11,16H2,1-2H3,(H3,28,30,34)/t21-/m1/s1. The number of hydrazone groups is 1. The van der Waals surface area contributed by atoms with Crippen molar-refractivity contribution in [2.45, 2.75) is 31.2 Å². The first-order valence-electron chi connectivity index (χ1n) is 11.7. The number of nitrogens with one attached hydrogen (secondary N) is 1. The van der Waals surface area contributed by atoms with E-state index >= 15 is 4.39 Å². The molecule has 2 fully saturated rings. The van der Waals surface area contributed by atoms with Crippen LogP contribution >= 0.6 is 23.8 Å². The van der Waals surface area contributed by atoms with Crippen LogP contribution in [0, 0.1) is 5.82 Å². The first-order chi connectivity index (χ1) is 16.3. The number of hydrogen-bond donors (Lipinski definition) is 2. The van der Waals surface area contributed by atoms with Gasteiger partial charge in [0.05, 0.1) is 11.9 Å². The summed E-state index contributed by atoms with van der Waals surface area (Å²) in [6, 6.07) is 12.1. The van der Waals surface area contributed by atoms with Gasteiger partial charge >= 0.3 is 0 Å². The van der Waals surface area contributed by atoms with E-state index in [1.165, 1.54) is 5.56 Å². The number of rotatable bonds is 6. The molecule has 182 valence electrons. The zero-order valence-electron chi connectivity index (χ0n) is 19.7. The number of hydrogen-bond acceptors (Lipinski definition) is 5. The van der Waals surface area contributed by atoms with Crippen LogP contribution in [0.4, 0.5) is 15.8 Å². The summed E-state index contributed by atoms with van der Waals surface area (Å²) in [6.45, 7) is 3.39. The Morgan fingerprint density at radius 1 is 1.15 bits per heavy atom. The van der Waals surface area contributed by atoms with Crippen molar-refractivity contribution in [2.24, 2.45) is 10.8 Å². The van der Waals surface area contributed by atoms with E-state index in [4.69, 9.17) is 29.6 Å². The van der Waals surface area contributed by atoms with Crippen molar-refractivity contribution in [3.8, 4) is 0 Å². The number of nitrogens with zero attached hydrogens (tertiary/aromatic N) is 4. The molecule has 1 atom stereocenters. The first kappa shape index (κ1) is 24.7. The fourth-order valence-electron chi connectivity index (χ4n) is 4.95. The Balaban J connectivity index is 1.57. The van der Waals surface area contributed by atoms with Gasteiger partial charge in [-0.15, -0.1) is 0 Å². The number of benzene rings is 2. The highest BCUT2D eigenvalue weighted by atomic mass is 35.5. The SMILES string of the molecule is CN(C)[C@@H]1CCN(c2cc(N3CCC(c4cccc(Cl)c4)CC3)c(F)cc2C=NNC(N)=S)C1. The average Bonchev–Trinajstić information content (AvgIpc) is 3.30. The molecule has 0 aliphatic carbocycles. The lowest BCUT2D eigenvalue weighted by Crippen LogP contribution is -2.34. The minimum Gasteiger partial charge on any atom is -0.375 e. The quantitative estimate of drug-likeness (QED) is 0.351. The van der Waals surface area contributed by atoms with E-state index in [1.807, 2.05) is 24.3 Å². The van der Waals surface area contributed by atoms with Crippen LogP contribution in [0.1, 0.15) is 36.3 Å². The van der Waals surface area contributed by atoms with Gasteiger partial charge in [0.1, 0.15) is 5.82 Å². The highest BCUT2D eigenvalue weighted by molar-refractivity contribution is 7.80. The number of nitrogens with two attached hydrogens (primary N) is 1. The Bertz CT molecular complexity index is 1050. The van der Waals surface area contributed by atoms with Crippen LogP contribution in [-0.2, 0) is 0 Å².